The van der Waals surface area contributed by atoms with Crippen LogP contribution < -0.4 is 5.73 Å². The van der Waals surface area contributed by atoms with E-state index >= 15 is 0 Å². The Hall–Kier alpha value is -0.670. The highest BCUT2D eigenvalue weighted by molar-refractivity contribution is 6.31. The van der Waals surface area contributed by atoms with Gasteiger partial charge in [0.2, 0.25) is 0 Å². The summed E-state index contributed by atoms with van der Waals surface area (Å²) in [7, 11) is 0. The number of hydrogen-bond donors (Lipinski definition) is 1. The monoisotopic (exact) mass is 217 g/mol. The molecule has 14 heavy (non-hydrogen) atoms. The molecule has 76 valence electrons. The van der Waals surface area contributed by atoms with Gasteiger partial charge in [0.05, 0.1) is 5.02 Å². The minimum atomic E-state index is -0.999. The molecule has 0 saturated heterocycles. The van der Waals surface area contributed by atoms with E-state index in [9.17, 15) is 8.78 Å². The van der Waals surface area contributed by atoms with E-state index in [4.69, 9.17) is 17.3 Å². The molecule has 2 N–H and O–H groups in total. The predicted molar refractivity (Wildman–Crippen MR) is 51.1 cm³/mol. The van der Waals surface area contributed by atoms with Gasteiger partial charge in [-0.15, -0.1) is 0 Å². The highest BCUT2D eigenvalue weighted by Gasteiger charge is 2.37. The summed E-state index contributed by atoms with van der Waals surface area (Å²) in [5.41, 5.74) is 5.94. The van der Waals surface area contributed by atoms with Gasteiger partial charge in [0, 0.05) is 5.54 Å². The summed E-state index contributed by atoms with van der Waals surface area (Å²) in [5.74, 6) is -1.93. The number of benzene rings is 1. The Labute approximate surface area is 85.9 Å². The Balaban J connectivity index is 2.49. The summed E-state index contributed by atoms with van der Waals surface area (Å²) in [6.45, 7) is 0. The molecule has 0 amide bonds. The summed E-state index contributed by atoms with van der Waals surface area (Å²) in [4.78, 5) is 0. The van der Waals surface area contributed by atoms with Crippen molar-refractivity contribution in [1.82, 2.24) is 0 Å². The number of nitrogens with two attached hydrogens (primary N) is 1. The fourth-order valence-electron chi connectivity index (χ4n) is 1.74. The van der Waals surface area contributed by atoms with Gasteiger partial charge in [0.1, 0.15) is 0 Å². The molecule has 1 aliphatic carbocycles. The molecule has 0 bridgehead atoms. The summed E-state index contributed by atoms with van der Waals surface area (Å²) >= 11 is 5.70. The van der Waals surface area contributed by atoms with Crippen molar-refractivity contribution in [3.05, 3.63) is 34.4 Å². The lowest BCUT2D eigenvalue weighted by atomic mass is 9.73. The van der Waals surface area contributed by atoms with Gasteiger partial charge in [-0.3, -0.25) is 0 Å². The van der Waals surface area contributed by atoms with E-state index in [1.54, 1.807) is 0 Å². The van der Waals surface area contributed by atoms with Gasteiger partial charge in [0.25, 0.3) is 0 Å². The minimum absolute atomic E-state index is 0.174. The average molecular weight is 218 g/mol. The summed E-state index contributed by atoms with van der Waals surface area (Å²) in [6, 6.07) is 2.55. The maximum atomic E-state index is 13.1. The zero-order valence-corrected chi connectivity index (χ0v) is 8.24. The standard InChI is InChI=1S/C10H10ClF2N/c11-8-6(10(14)4-1-5-10)2-3-7(12)9(8)13/h2-3H,1,4-5,14H2. The van der Waals surface area contributed by atoms with Gasteiger partial charge in [-0.25, -0.2) is 8.78 Å². The van der Waals surface area contributed by atoms with E-state index in [2.05, 4.69) is 0 Å². The van der Waals surface area contributed by atoms with Crippen molar-refractivity contribution >= 4 is 11.6 Å². The van der Waals surface area contributed by atoms with Crippen molar-refractivity contribution in [3.8, 4) is 0 Å². The van der Waals surface area contributed by atoms with Crippen molar-refractivity contribution in [2.75, 3.05) is 0 Å². The smallest absolute Gasteiger partial charge is 0.177 e. The topological polar surface area (TPSA) is 26.0 Å². The van der Waals surface area contributed by atoms with Gasteiger partial charge in [-0.2, -0.15) is 0 Å². The van der Waals surface area contributed by atoms with Crippen LogP contribution in [0.15, 0.2) is 12.1 Å². The Morgan fingerprint density at radius 1 is 1.29 bits per heavy atom. The van der Waals surface area contributed by atoms with Crippen molar-refractivity contribution in [2.24, 2.45) is 5.73 Å². The van der Waals surface area contributed by atoms with Gasteiger partial charge >= 0.3 is 0 Å². The van der Waals surface area contributed by atoms with Gasteiger partial charge in [-0.1, -0.05) is 17.7 Å². The number of halogens is 3. The zero-order chi connectivity index (χ0) is 10.3. The maximum Gasteiger partial charge on any atom is 0.177 e. The van der Waals surface area contributed by atoms with Crippen LogP contribution in [-0.4, -0.2) is 0 Å². The number of rotatable bonds is 1. The Kier molecular flexibility index (Phi) is 2.24. The molecule has 2 rings (SSSR count). The summed E-state index contributed by atoms with van der Waals surface area (Å²) < 4.78 is 25.9. The van der Waals surface area contributed by atoms with Crippen molar-refractivity contribution in [2.45, 2.75) is 24.8 Å². The van der Waals surface area contributed by atoms with E-state index in [1.807, 2.05) is 0 Å². The molecule has 0 radical (unpaired) electrons. The molecule has 1 fully saturated rings. The highest BCUT2D eigenvalue weighted by Crippen LogP contribution is 2.42. The van der Waals surface area contributed by atoms with E-state index in [0.29, 0.717) is 5.56 Å². The van der Waals surface area contributed by atoms with E-state index in [-0.39, 0.29) is 5.02 Å². The third kappa shape index (κ3) is 1.31. The van der Waals surface area contributed by atoms with Crippen LogP contribution >= 0.6 is 11.6 Å². The predicted octanol–water partition coefficient (Wildman–Crippen LogP) is 2.96. The van der Waals surface area contributed by atoms with Crippen LogP contribution in [0.25, 0.3) is 0 Å². The third-order valence-electron chi connectivity index (χ3n) is 2.82. The first kappa shape index (κ1) is 9.87. The quantitative estimate of drug-likeness (QED) is 0.720. The van der Waals surface area contributed by atoms with Crippen molar-refractivity contribution < 1.29 is 8.78 Å². The first-order valence-electron chi connectivity index (χ1n) is 4.47. The lowest BCUT2D eigenvalue weighted by Crippen LogP contribution is -2.43. The second-order valence-electron chi connectivity index (χ2n) is 3.73. The van der Waals surface area contributed by atoms with Crippen LogP contribution in [0.4, 0.5) is 8.78 Å². The van der Waals surface area contributed by atoms with Crippen LogP contribution in [0.5, 0.6) is 0 Å². The van der Waals surface area contributed by atoms with Gasteiger partial charge < -0.3 is 5.73 Å². The van der Waals surface area contributed by atoms with E-state index < -0.39 is 17.2 Å². The molecule has 0 aromatic heterocycles. The van der Waals surface area contributed by atoms with Crippen LogP contribution in [0.3, 0.4) is 0 Å². The summed E-state index contributed by atoms with van der Waals surface area (Å²) in [5, 5.41) is -0.174. The van der Waals surface area contributed by atoms with Gasteiger partial charge in [0.15, 0.2) is 11.6 Å². The molecule has 1 saturated carbocycles. The highest BCUT2D eigenvalue weighted by atomic mass is 35.5. The zero-order valence-electron chi connectivity index (χ0n) is 7.49. The molecular weight excluding hydrogens is 208 g/mol. The van der Waals surface area contributed by atoms with Crippen LogP contribution in [0, 0.1) is 11.6 Å². The van der Waals surface area contributed by atoms with Crippen LogP contribution in [0.2, 0.25) is 5.02 Å². The molecular formula is C10H10ClF2N. The van der Waals surface area contributed by atoms with Crippen LogP contribution in [-0.2, 0) is 5.54 Å². The minimum Gasteiger partial charge on any atom is -0.321 e. The molecule has 1 aromatic carbocycles. The second-order valence-corrected chi connectivity index (χ2v) is 4.11. The molecule has 0 unspecified atom stereocenters. The largest absolute Gasteiger partial charge is 0.321 e. The van der Waals surface area contributed by atoms with E-state index in [1.165, 1.54) is 6.07 Å². The molecule has 0 atom stereocenters. The molecule has 4 heteroatoms. The Bertz CT molecular complexity index is 375. The molecule has 1 aromatic rings. The van der Waals surface area contributed by atoms with Crippen molar-refractivity contribution in [1.29, 1.82) is 0 Å². The summed E-state index contributed by atoms with van der Waals surface area (Å²) in [6.07, 6.45) is 2.56. The van der Waals surface area contributed by atoms with E-state index in [0.717, 1.165) is 25.3 Å². The Morgan fingerprint density at radius 2 is 1.93 bits per heavy atom. The first-order chi connectivity index (χ1) is 6.54. The van der Waals surface area contributed by atoms with Crippen molar-refractivity contribution in [3.63, 3.8) is 0 Å². The maximum absolute atomic E-state index is 13.1. The van der Waals surface area contributed by atoms with Gasteiger partial charge in [-0.05, 0) is 30.9 Å². The molecule has 0 spiro atoms. The first-order valence-corrected chi connectivity index (χ1v) is 4.85. The SMILES string of the molecule is NC1(c2ccc(F)c(F)c2Cl)CCC1. The third-order valence-corrected chi connectivity index (χ3v) is 3.19. The average Bonchev–Trinajstić information content (AvgIpc) is 2.11. The fraction of sp³-hybridized carbons (Fsp3) is 0.400. The molecule has 1 nitrogen and oxygen atoms in total. The van der Waals surface area contributed by atoms with Crippen LogP contribution in [0.1, 0.15) is 24.8 Å². The molecule has 1 aliphatic rings. The Morgan fingerprint density at radius 3 is 2.43 bits per heavy atom. The fourth-order valence-corrected chi connectivity index (χ4v) is 2.08. The molecule has 0 heterocycles. The second kappa shape index (κ2) is 3.17. The molecule has 0 aliphatic heterocycles. The lowest BCUT2D eigenvalue weighted by Gasteiger charge is -2.39. The number of hydrogen-bond acceptors (Lipinski definition) is 1. The normalized spacial score (nSPS) is 19.1. The lowest BCUT2D eigenvalue weighted by molar-refractivity contribution is 0.252.